The summed E-state index contributed by atoms with van der Waals surface area (Å²) >= 11 is 0. The van der Waals surface area contributed by atoms with Crippen molar-refractivity contribution >= 4 is 17.3 Å². The summed E-state index contributed by atoms with van der Waals surface area (Å²) in [5.74, 6) is 1.66. The van der Waals surface area contributed by atoms with Gasteiger partial charge in [-0.2, -0.15) is 0 Å². The average molecular weight is 279 g/mol. The lowest BCUT2D eigenvalue weighted by atomic mass is 9.81. The van der Waals surface area contributed by atoms with Gasteiger partial charge in [-0.15, -0.1) is 0 Å². The SMILES string of the molecule is CC1CCC(CCNc2ncnc(N)c2[N+](=O)[O-])CC1. The van der Waals surface area contributed by atoms with Crippen molar-refractivity contribution in [2.45, 2.75) is 39.0 Å². The number of nitro groups is 1. The molecule has 0 unspecified atom stereocenters. The van der Waals surface area contributed by atoms with Gasteiger partial charge >= 0.3 is 5.69 Å². The van der Waals surface area contributed by atoms with Gasteiger partial charge in [0.1, 0.15) is 6.33 Å². The van der Waals surface area contributed by atoms with E-state index in [-0.39, 0.29) is 17.3 Å². The van der Waals surface area contributed by atoms with E-state index in [1.165, 1.54) is 32.0 Å². The summed E-state index contributed by atoms with van der Waals surface area (Å²) in [6.07, 6.45) is 7.31. The second-order valence-electron chi connectivity index (χ2n) is 5.55. The zero-order valence-electron chi connectivity index (χ0n) is 11.7. The monoisotopic (exact) mass is 279 g/mol. The molecule has 0 amide bonds. The fourth-order valence-electron chi connectivity index (χ4n) is 2.71. The van der Waals surface area contributed by atoms with Crippen LogP contribution in [0, 0.1) is 22.0 Å². The molecule has 1 aliphatic rings. The van der Waals surface area contributed by atoms with Gasteiger partial charge in [-0.1, -0.05) is 32.6 Å². The quantitative estimate of drug-likeness (QED) is 0.633. The predicted molar refractivity (Wildman–Crippen MR) is 77.3 cm³/mol. The predicted octanol–water partition coefficient (Wildman–Crippen LogP) is 2.60. The zero-order valence-corrected chi connectivity index (χ0v) is 11.7. The van der Waals surface area contributed by atoms with Crippen molar-refractivity contribution in [2.75, 3.05) is 17.6 Å². The molecule has 1 aromatic heterocycles. The number of hydrogen-bond donors (Lipinski definition) is 2. The molecule has 1 aromatic rings. The molecule has 7 nitrogen and oxygen atoms in total. The van der Waals surface area contributed by atoms with Crippen LogP contribution in [0.3, 0.4) is 0 Å². The maximum atomic E-state index is 10.9. The van der Waals surface area contributed by atoms with Gasteiger partial charge in [0, 0.05) is 6.54 Å². The van der Waals surface area contributed by atoms with E-state index in [9.17, 15) is 10.1 Å². The van der Waals surface area contributed by atoms with Crippen molar-refractivity contribution in [3.05, 3.63) is 16.4 Å². The summed E-state index contributed by atoms with van der Waals surface area (Å²) in [4.78, 5) is 18.0. The van der Waals surface area contributed by atoms with E-state index < -0.39 is 4.92 Å². The molecule has 110 valence electrons. The van der Waals surface area contributed by atoms with Gasteiger partial charge in [-0.3, -0.25) is 10.1 Å². The summed E-state index contributed by atoms with van der Waals surface area (Å²) < 4.78 is 0. The lowest BCUT2D eigenvalue weighted by Gasteiger charge is -2.26. The van der Waals surface area contributed by atoms with Crippen molar-refractivity contribution < 1.29 is 4.92 Å². The Morgan fingerprint density at radius 1 is 1.40 bits per heavy atom. The smallest absolute Gasteiger partial charge is 0.352 e. The Labute approximate surface area is 118 Å². The average Bonchev–Trinajstić information content (AvgIpc) is 2.40. The Morgan fingerprint density at radius 2 is 2.10 bits per heavy atom. The summed E-state index contributed by atoms with van der Waals surface area (Å²) in [6.45, 7) is 2.97. The molecule has 7 heteroatoms. The van der Waals surface area contributed by atoms with Crippen LogP contribution in [0.4, 0.5) is 17.3 Å². The minimum absolute atomic E-state index is 0.0982. The van der Waals surface area contributed by atoms with E-state index in [2.05, 4.69) is 22.2 Å². The summed E-state index contributed by atoms with van der Waals surface area (Å²) in [5, 5.41) is 14.0. The van der Waals surface area contributed by atoms with Crippen LogP contribution in [0.15, 0.2) is 6.33 Å². The number of nitrogens with zero attached hydrogens (tertiary/aromatic N) is 3. The van der Waals surface area contributed by atoms with E-state index in [1.807, 2.05) is 0 Å². The maximum absolute atomic E-state index is 10.9. The first-order valence-electron chi connectivity index (χ1n) is 7.06. The van der Waals surface area contributed by atoms with Gasteiger partial charge in [0.2, 0.25) is 11.6 Å². The number of nitrogens with two attached hydrogens (primary N) is 1. The summed E-state index contributed by atoms with van der Waals surface area (Å²) in [7, 11) is 0. The van der Waals surface area contributed by atoms with E-state index in [1.54, 1.807) is 0 Å². The third kappa shape index (κ3) is 3.55. The molecule has 20 heavy (non-hydrogen) atoms. The highest BCUT2D eigenvalue weighted by atomic mass is 16.6. The summed E-state index contributed by atoms with van der Waals surface area (Å²) in [5.41, 5.74) is 5.29. The zero-order chi connectivity index (χ0) is 14.5. The van der Waals surface area contributed by atoms with Gasteiger partial charge in [-0.05, 0) is 18.3 Å². The van der Waals surface area contributed by atoms with Crippen molar-refractivity contribution in [1.82, 2.24) is 9.97 Å². The molecule has 3 N–H and O–H groups in total. The Kier molecular flexibility index (Phi) is 4.70. The Bertz CT molecular complexity index is 472. The molecule has 0 aromatic carbocycles. The molecular weight excluding hydrogens is 258 g/mol. The third-order valence-electron chi connectivity index (χ3n) is 4.01. The molecule has 1 aliphatic carbocycles. The molecular formula is C13H21N5O2. The number of anilines is 2. The van der Waals surface area contributed by atoms with Crippen LogP contribution in [0.25, 0.3) is 0 Å². The molecule has 2 rings (SSSR count). The first kappa shape index (κ1) is 14.5. The molecule has 0 saturated heterocycles. The molecule has 0 atom stereocenters. The number of hydrogen-bond acceptors (Lipinski definition) is 6. The van der Waals surface area contributed by atoms with Gasteiger partial charge in [0.15, 0.2) is 0 Å². The normalized spacial score (nSPS) is 22.4. The third-order valence-corrected chi connectivity index (χ3v) is 4.01. The Morgan fingerprint density at radius 3 is 2.75 bits per heavy atom. The van der Waals surface area contributed by atoms with Crippen LogP contribution in [-0.4, -0.2) is 21.4 Å². The molecule has 1 heterocycles. The van der Waals surface area contributed by atoms with Crippen LogP contribution < -0.4 is 11.1 Å². The highest BCUT2D eigenvalue weighted by molar-refractivity contribution is 5.67. The lowest BCUT2D eigenvalue weighted by Crippen LogP contribution is -2.16. The Balaban J connectivity index is 1.88. The minimum atomic E-state index is -0.542. The second kappa shape index (κ2) is 6.49. The molecule has 1 saturated carbocycles. The van der Waals surface area contributed by atoms with Crippen LogP contribution >= 0.6 is 0 Å². The molecule has 0 radical (unpaired) electrons. The first-order valence-corrected chi connectivity index (χ1v) is 7.06. The fraction of sp³-hybridized carbons (Fsp3) is 0.692. The molecule has 0 aliphatic heterocycles. The number of nitrogen functional groups attached to an aromatic ring is 1. The van der Waals surface area contributed by atoms with Gasteiger partial charge in [0.25, 0.3) is 0 Å². The maximum Gasteiger partial charge on any atom is 0.352 e. The van der Waals surface area contributed by atoms with Crippen molar-refractivity contribution in [2.24, 2.45) is 11.8 Å². The van der Waals surface area contributed by atoms with Crippen LogP contribution in [-0.2, 0) is 0 Å². The largest absolute Gasteiger partial charge is 0.378 e. The molecule has 0 spiro atoms. The highest BCUT2D eigenvalue weighted by Crippen LogP contribution is 2.31. The minimum Gasteiger partial charge on any atom is -0.378 e. The standard InChI is InChI=1S/C13H21N5O2/c1-9-2-4-10(5-3-9)6-7-15-13-11(18(19)20)12(14)16-8-17-13/h8-10H,2-7H2,1H3,(H3,14,15,16,17). The van der Waals surface area contributed by atoms with Gasteiger partial charge < -0.3 is 11.1 Å². The summed E-state index contributed by atoms with van der Waals surface area (Å²) in [6, 6.07) is 0. The van der Waals surface area contributed by atoms with E-state index in [0.717, 1.165) is 12.3 Å². The lowest BCUT2D eigenvalue weighted by molar-refractivity contribution is -0.383. The van der Waals surface area contributed by atoms with Gasteiger partial charge in [0.05, 0.1) is 4.92 Å². The molecule has 1 fully saturated rings. The highest BCUT2D eigenvalue weighted by Gasteiger charge is 2.21. The Hall–Kier alpha value is -1.92. The van der Waals surface area contributed by atoms with Crippen molar-refractivity contribution in [3.8, 4) is 0 Å². The van der Waals surface area contributed by atoms with Crippen LogP contribution in [0.1, 0.15) is 39.0 Å². The van der Waals surface area contributed by atoms with Crippen LogP contribution in [0.5, 0.6) is 0 Å². The van der Waals surface area contributed by atoms with Crippen LogP contribution in [0.2, 0.25) is 0 Å². The fourth-order valence-corrected chi connectivity index (χ4v) is 2.71. The number of nitrogens with one attached hydrogen (secondary N) is 1. The van der Waals surface area contributed by atoms with Crippen molar-refractivity contribution in [1.29, 1.82) is 0 Å². The molecule has 0 bridgehead atoms. The number of rotatable bonds is 5. The van der Waals surface area contributed by atoms with Crippen molar-refractivity contribution in [3.63, 3.8) is 0 Å². The topological polar surface area (TPSA) is 107 Å². The van der Waals surface area contributed by atoms with E-state index >= 15 is 0 Å². The first-order chi connectivity index (χ1) is 9.58. The second-order valence-corrected chi connectivity index (χ2v) is 5.55. The number of aromatic nitrogens is 2. The van der Waals surface area contributed by atoms with E-state index in [4.69, 9.17) is 5.73 Å². The van der Waals surface area contributed by atoms with E-state index in [0.29, 0.717) is 12.5 Å². The van der Waals surface area contributed by atoms with Gasteiger partial charge in [-0.25, -0.2) is 9.97 Å².